The number of benzene rings is 1. The summed E-state index contributed by atoms with van der Waals surface area (Å²) in [6, 6.07) is 6.69. The van der Waals surface area contributed by atoms with Crippen LogP contribution in [0.1, 0.15) is 48.8 Å². The third kappa shape index (κ3) is 3.14. The first-order valence-electron chi connectivity index (χ1n) is 9.16. The number of nitrogens with one attached hydrogen (secondary N) is 1. The average molecular weight is 349 g/mol. The Bertz CT molecular complexity index is 713. The number of aryl methyl sites for hydroxylation is 2. The first-order chi connectivity index (χ1) is 11.4. The van der Waals surface area contributed by atoms with Crippen molar-refractivity contribution in [2.24, 2.45) is 5.41 Å². The van der Waals surface area contributed by atoms with E-state index in [0.717, 1.165) is 45.3 Å². The summed E-state index contributed by atoms with van der Waals surface area (Å²) in [4.78, 5) is 2.56. The third-order valence-corrected chi connectivity index (χ3v) is 8.21. The van der Waals surface area contributed by atoms with Crippen molar-refractivity contribution in [1.82, 2.24) is 9.62 Å². The molecule has 1 heterocycles. The fourth-order valence-corrected chi connectivity index (χ4v) is 6.17. The van der Waals surface area contributed by atoms with E-state index in [2.05, 4.69) is 41.7 Å². The summed E-state index contributed by atoms with van der Waals surface area (Å²) >= 11 is 0. The van der Waals surface area contributed by atoms with Gasteiger partial charge in [0, 0.05) is 19.1 Å². The lowest BCUT2D eigenvalue weighted by Gasteiger charge is -2.45. The zero-order valence-corrected chi connectivity index (χ0v) is 15.5. The summed E-state index contributed by atoms with van der Waals surface area (Å²) in [5.41, 5.74) is 4.56. The molecule has 0 radical (unpaired) electrons. The highest BCUT2D eigenvalue weighted by atomic mass is 32.2. The highest BCUT2D eigenvalue weighted by Crippen LogP contribution is 2.49. The molecule has 0 atom stereocenters. The molecule has 0 aromatic heterocycles. The van der Waals surface area contributed by atoms with Gasteiger partial charge in [0.1, 0.15) is 0 Å². The SMILES string of the molecule is Cc1cccc(C)c1CN1CCC2(CC(NS(=O)(=O)C3CC3)C2)C1. The second-order valence-corrected chi connectivity index (χ2v) is 10.3. The van der Waals surface area contributed by atoms with E-state index in [-0.39, 0.29) is 11.3 Å². The number of likely N-dealkylation sites (tertiary alicyclic amines) is 1. The normalized spacial score (nSPS) is 30.7. The van der Waals surface area contributed by atoms with Crippen LogP contribution < -0.4 is 4.72 Å². The summed E-state index contributed by atoms with van der Waals surface area (Å²) in [5.74, 6) is 0. The molecular formula is C19H28N2O2S. The smallest absolute Gasteiger partial charge is 0.214 e. The van der Waals surface area contributed by atoms with Gasteiger partial charge in [-0.1, -0.05) is 18.2 Å². The van der Waals surface area contributed by atoms with Crippen LogP contribution in [0.5, 0.6) is 0 Å². The minimum atomic E-state index is -3.03. The highest BCUT2D eigenvalue weighted by Gasteiger charge is 2.50. The predicted molar refractivity (Wildman–Crippen MR) is 96.3 cm³/mol. The van der Waals surface area contributed by atoms with Gasteiger partial charge in [-0.2, -0.15) is 0 Å². The molecule has 24 heavy (non-hydrogen) atoms. The number of hydrogen-bond acceptors (Lipinski definition) is 3. The van der Waals surface area contributed by atoms with Crippen molar-refractivity contribution in [1.29, 1.82) is 0 Å². The van der Waals surface area contributed by atoms with Crippen LogP contribution in [0, 0.1) is 19.3 Å². The molecule has 1 N–H and O–H groups in total. The fourth-order valence-electron chi connectivity index (χ4n) is 4.59. The van der Waals surface area contributed by atoms with Gasteiger partial charge >= 0.3 is 0 Å². The summed E-state index contributed by atoms with van der Waals surface area (Å²) in [7, 11) is -3.03. The van der Waals surface area contributed by atoms with E-state index < -0.39 is 10.0 Å². The summed E-state index contributed by atoms with van der Waals surface area (Å²) in [5, 5.41) is -0.0989. The van der Waals surface area contributed by atoms with Gasteiger partial charge in [-0.05, 0) is 74.6 Å². The van der Waals surface area contributed by atoms with Crippen LogP contribution in [0.4, 0.5) is 0 Å². The number of rotatable bonds is 5. The Hall–Kier alpha value is -0.910. The molecule has 2 saturated carbocycles. The minimum absolute atomic E-state index is 0.0989. The van der Waals surface area contributed by atoms with Gasteiger partial charge in [-0.25, -0.2) is 13.1 Å². The van der Waals surface area contributed by atoms with E-state index in [9.17, 15) is 8.42 Å². The topological polar surface area (TPSA) is 49.4 Å². The number of nitrogens with zero attached hydrogens (tertiary/aromatic N) is 1. The maximum atomic E-state index is 12.1. The van der Waals surface area contributed by atoms with E-state index >= 15 is 0 Å². The van der Waals surface area contributed by atoms with Crippen molar-refractivity contribution in [3.05, 3.63) is 34.9 Å². The van der Waals surface area contributed by atoms with E-state index in [1.54, 1.807) is 0 Å². The van der Waals surface area contributed by atoms with Crippen LogP contribution in [0.25, 0.3) is 0 Å². The zero-order chi connectivity index (χ0) is 16.9. The van der Waals surface area contributed by atoms with Crippen LogP contribution in [0.15, 0.2) is 18.2 Å². The Labute approximate surface area is 145 Å². The summed E-state index contributed by atoms with van der Waals surface area (Å²) in [6.07, 6.45) is 4.93. The maximum absolute atomic E-state index is 12.1. The average Bonchev–Trinajstić information content (AvgIpc) is 3.25. The predicted octanol–water partition coefficient (Wildman–Crippen LogP) is 2.74. The fraction of sp³-hybridized carbons (Fsp3) is 0.684. The highest BCUT2D eigenvalue weighted by molar-refractivity contribution is 7.90. The molecule has 1 spiro atoms. The molecule has 0 amide bonds. The summed E-state index contributed by atoms with van der Waals surface area (Å²) < 4.78 is 27.1. The molecule has 4 nitrogen and oxygen atoms in total. The maximum Gasteiger partial charge on any atom is 0.214 e. The number of hydrogen-bond donors (Lipinski definition) is 1. The Morgan fingerprint density at radius 1 is 1.21 bits per heavy atom. The van der Waals surface area contributed by atoms with Crippen molar-refractivity contribution < 1.29 is 8.42 Å². The first kappa shape index (κ1) is 16.6. The lowest BCUT2D eigenvalue weighted by Crippen LogP contribution is -2.52. The molecule has 5 heteroatoms. The molecule has 1 aromatic carbocycles. The minimum Gasteiger partial charge on any atom is -0.298 e. The number of sulfonamides is 1. The van der Waals surface area contributed by atoms with Gasteiger partial charge in [0.2, 0.25) is 10.0 Å². The van der Waals surface area contributed by atoms with Crippen LogP contribution >= 0.6 is 0 Å². The monoisotopic (exact) mass is 348 g/mol. The molecule has 1 aliphatic heterocycles. The van der Waals surface area contributed by atoms with Gasteiger partial charge in [-0.15, -0.1) is 0 Å². The largest absolute Gasteiger partial charge is 0.298 e. The van der Waals surface area contributed by atoms with Crippen LogP contribution in [-0.2, 0) is 16.6 Å². The van der Waals surface area contributed by atoms with Crippen molar-refractivity contribution >= 4 is 10.0 Å². The van der Waals surface area contributed by atoms with Crippen molar-refractivity contribution in [3.63, 3.8) is 0 Å². The molecule has 4 rings (SSSR count). The van der Waals surface area contributed by atoms with E-state index in [1.165, 1.54) is 23.1 Å². The van der Waals surface area contributed by atoms with Gasteiger partial charge in [0.25, 0.3) is 0 Å². The lowest BCUT2D eigenvalue weighted by molar-refractivity contribution is 0.101. The second-order valence-electron chi connectivity index (χ2n) is 8.30. The van der Waals surface area contributed by atoms with E-state index in [4.69, 9.17) is 0 Å². The van der Waals surface area contributed by atoms with Gasteiger partial charge in [-0.3, -0.25) is 4.90 Å². The van der Waals surface area contributed by atoms with Crippen molar-refractivity contribution in [2.75, 3.05) is 13.1 Å². The molecule has 2 aliphatic carbocycles. The standard InChI is InChI=1S/C19H28N2O2S/c1-14-4-3-5-15(2)18(14)12-21-9-8-19(13-21)10-16(11-19)20-24(22,23)17-6-7-17/h3-5,16-17,20H,6-13H2,1-2H3. The summed E-state index contributed by atoms with van der Waals surface area (Å²) in [6.45, 7) is 7.66. The molecular weight excluding hydrogens is 320 g/mol. The van der Waals surface area contributed by atoms with Gasteiger partial charge in [0.05, 0.1) is 5.25 Å². The van der Waals surface area contributed by atoms with E-state index in [1.807, 2.05) is 0 Å². The van der Waals surface area contributed by atoms with E-state index in [0.29, 0.717) is 5.41 Å². The Morgan fingerprint density at radius 2 is 1.88 bits per heavy atom. The Morgan fingerprint density at radius 3 is 2.50 bits per heavy atom. The lowest BCUT2D eigenvalue weighted by atomic mass is 9.65. The van der Waals surface area contributed by atoms with Crippen LogP contribution in [0.2, 0.25) is 0 Å². The Balaban J connectivity index is 1.33. The molecule has 132 valence electrons. The molecule has 3 fully saturated rings. The third-order valence-electron chi connectivity index (χ3n) is 6.20. The molecule has 3 aliphatic rings. The van der Waals surface area contributed by atoms with Crippen molar-refractivity contribution in [3.8, 4) is 0 Å². The second kappa shape index (κ2) is 5.82. The van der Waals surface area contributed by atoms with Crippen LogP contribution in [0.3, 0.4) is 0 Å². The molecule has 1 aromatic rings. The van der Waals surface area contributed by atoms with Crippen LogP contribution in [-0.4, -0.2) is 37.7 Å². The van der Waals surface area contributed by atoms with Gasteiger partial charge < -0.3 is 0 Å². The zero-order valence-electron chi connectivity index (χ0n) is 14.7. The molecule has 0 unspecified atom stereocenters. The van der Waals surface area contributed by atoms with Crippen molar-refractivity contribution in [2.45, 2.75) is 63.8 Å². The molecule has 1 saturated heterocycles. The Kier molecular flexibility index (Phi) is 4.01. The molecule has 0 bridgehead atoms. The quantitative estimate of drug-likeness (QED) is 0.890. The van der Waals surface area contributed by atoms with Gasteiger partial charge in [0.15, 0.2) is 0 Å². The first-order valence-corrected chi connectivity index (χ1v) is 10.7.